The summed E-state index contributed by atoms with van der Waals surface area (Å²) >= 11 is 0. The molecule has 0 bridgehead atoms. The maximum absolute atomic E-state index is 13.2. The van der Waals surface area contributed by atoms with Crippen LogP contribution in [-0.2, 0) is 6.42 Å². The summed E-state index contributed by atoms with van der Waals surface area (Å²) < 4.78 is 13.2. The zero-order valence-electron chi connectivity index (χ0n) is 17.5. The van der Waals surface area contributed by atoms with Crippen molar-refractivity contribution in [3.8, 4) is 6.07 Å². The fraction of sp³-hybridized carbons (Fsp3) is 0.654. The molecule has 0 aromatic heterocycles. The lowest BCUT2D eigenvalue weighted by Crippen LogP contribution is -2.25. The predicted molar refractivity (Wildman–Crippen MR) is 115 cm³/mol. The highest BCUT2D eigenvalue weighted by Crippen LogP contribution is 2.44. The molecular formula is C26H36FN. The van der Waals surface area contributed by atoms with Crippen molar-refractivity contribution in [1.29, 1.82) is 5.26 Å². The molecule has 2 fully saturated rings. The maximum Gasteiger partial charge on any atom is 0.196 e. The Hall–Kier alpha value is -1.62. The quantitative estimate of drug-likeness (QED) is 0.348. The summed E-state index contributed by atoms with van der Waals surface area (Å²) in [6.45, 7) is 2.26. The van der Waals surface area contributed by atoms with Gasteiger partial charge in [0, 0.05) is 0 Å². The molecule has 3 rings (SSSR count). The van der Waals surface area contributed by atoms with Crippen molar-refractivity contribution in [1.82, 2.24) is 0 Å². The molecule has 1 nitrogen and oxygen atoms in total. The second kappa shape index (κ2) is 10.8. The number of nitriles is 1. The van der Waals surface area contributed by atoms with Crippen LogP contribution in [0.1, 0.15) is 94.6 Å². The largest absolute Gasteiger partial charge is 0.196 e. The lowest BCUT2D eigenvalue weighted by molar-refractivity contribution is 0.171. The van der Waals surface area contributed by atoms with Gasteiger partial charge in [0.1, 0.15) is 6.07 Å². The van der Waals surface area contributed by atoms with Gasteiger partial charge in [0.2, 0.25) is 0 Å². The molecule has 0 heterocycles. The Balaban J connectivity index is 1.43. The normalized spacial score (nSPS) is 28.7. The lowest BCUT2D eigenvalue weighted by atomic mass is 9.68. The van der Waals surface area contributed by atoms with E-state index in [1.807, 2.05) is 0 Å². The number of halogens is 1. The van der Waals surface area contributed by atoms with Crippen molar-refractivity contribution in [3.63, 3.8) is 0 Å². The first kappa shape index (κ1) is 21.1. The Bertz CT molecular complexity index is 653. The van der Waals surface area contributed by atoms with Crippen molar-refractivity contribution >= 4 is 0 Å². The molecule has 2 aliphatic carbocycles. The first-order valence-corrected chi connectivity index (χ1v) is 11.6. The monoisotopic (exact) mass is 381 g/mol. The molecular weight excluding hydrogens is 345 g/mol. The van der Waals surface area contributed by atoms with Gasteiger partial charge in [-0.3, -0.25) is 0 Å². The minimum atomic E-state index is -0.597. The van der Waals surface area contributed by atoms with Gasteiger partial charge in [0.25, 0.3) is 0 Å². The summed E-state index contributed by atoms with van der Waals surface area (Å²) in [5, 5.41) is 8.61. The van der Waals surface area contributed by atoms with Crippen LogP contribution in [0.5, 0.6) is 0 Å². The van der Waals surface area contributed by atoms with E-state index in [-0.39, 0.29) is 5.92 Å². The van der Waals surface area contributed by atoms with Gasteiger partial charge in [-0.15, -0.1) is 0 Å². The number of aryl methyl sites for hydroxylation is 1. The van der Waals surface area contributed by atoms with Crippen molar-refractivity contribution in [2.24, 2.45) is 17.8 Å². The van der Waals surface area contributed by atoms with Crippen LogP contribution in [0, 0.1) is 29.1 Å². The molecule has 1 aromatic carbocycles. The van der Waals surface area contributed by atoms with E-state index in [2.05, 4.69) is 31.2 Å². The SMILES string of the molecule is CCCCCc1ccc([C@H]2CC[C@H](C3CCC(/C=C(/F)C#N)CC3)CC2)cc1. The van der Waals surface area contributed by atoms with Gasteiger partial charge in [-0.1, -0.05) is 44.0 Å². The van der Waals surface area contributed by atoms with Crippen LogP contribution in [-0.4, -0.2) is 0 Å². The highest BCUT2D eigenvalue weighted by Gasteiger charge is 2.31. The minimum absolute atomic E-state index is 0.281. The van der Waals surface area contributed by atoms with Crippen LogP contribution in [0.15, 0.2) is 36.2 Å². The van der Waals surface area contributed by atoms with Gasteiger partial charge in [-0.05, 0) is 105 Å². The number of nitrogens with zero attached hydrogens (tertiary/aromatic N) is 1. The average Bonchev–Trinajstić information content (AvgIpc) is 2.75. The van der Waals surface area contributed by atoms with Crippen LogP contribution < -0.4 is 0 Å². The van der Waals surface area contributed by atoms with Crippen molar-refractivity contribution in [2.45, 2.75) is 89.9 Å². The maximum atomic E-state index is 13.2. The molecule has 0 spiro atoms. The fourth-order valence-electron chi connectivity index (χ4n) is 5.49. The zero-order valence-corrected chi connectivity index (χ0v) is 17.5. The molecule has 2 heteroatoms. The predicted octanol–water partition coefficient (Wildman–Crippen LogP) is 7.88. The van der Waals surface area contributed by atoms with Crippen molar-refractivity contribution in [2.75, 3.05) is 0 Å². The smallest absolute Gasteiger partial charge is 0.195 e. The van der Waals surface area contributed by atoms with Gasteiger partial charge < -0.3 is 0 Å². The van der Waals surface area contributed by atoms with Crippen LogP contribution in [0.3, 0.4) is 0 Å². The Labute approximate surface area is 171 Å². The Morgan fingerprint density at radius 2 is 1.57 bits per heavy atom. The van der Waals surface area contributed by atoms with Crippen LogP contribution in [0.4, 0.5) is 4.39 Å². The first-order valence-electron chi connectivity index (χ1n) is 11.6. The number of allylic oxidation sites excluding steroid dienone is 2. The average molecular weight is 382 g/mol. The zero-order chi connectivity index (χ0) is 19.8. The molecule has 1 aromatic rings. The van der Waals surface area contributed by atoms with E-state index in [1.165, 1.54) is 69.8 Å². The summed E-state index contributed by atoms with van der Waals surface area (Å²) in [6, 6.07) is 11.1. The van der Waals surface area contributed by atoms with E-state index in [4.69, 9.17) is 5.26 Å². The molecule has 0 unspecified atom stereocenters. The van der Waals surface area contributed by atoms with Crippen LogP contribution in [0.25, 0.3) is 0 Å². The molecule has 0 saturated heterocycles. The molecule has 0 aliphatic heterocycles. The summed E-state index contributed by atoms with van der Waals surface area (Å²) in [6.07, 6.45) is 16.6. The van der Waals surface area contributed by atoms with Gasteiger partial charge in [-0.25, -0.2) is 0 Å². The minimum Gasteiger partial charge on any atom is -0.195 e. The summed E-state index contributed by atoms with van der Waals surface area (Å²) in [5.74, 6) is 2.10. The molecule has 0 radical (unpaired) electrons. The molecule has 0 amide bonds. The van der Waals surface area contributed by atoms with Crippen LogP contribution >= 0.6 is 0 Å². The lowest BCUT2D eigenvalue weighted by Gasteiger charge is -2.37. The fourth-order valence-corrected chi connectivity index (χ4v) is 5.49. The number of hydrogen-bond donors (Lipinski definition) is 0. The van der Waals surface area contributed by atoms with Crippen LogP contribution in [0.2, 0.25) is 0 Å². The van der Waals surface area contributed by atoms with Gasteiger partial charge in [0.05, 0.1) is 0 Å². The van der Waals surface area contributed by atoms with Crippen molar-refractivity contribution < 1.29 is 4.39 Å². The topological polar surface area (TPSA) is 23.8 Å². The van der Waals surface area contributed by atoms with E-state index < -0.39 is 5.83 Å². The number of hydrogen-bond acceptors (Lipinski definition) is 1. The molecule has 28 heavy (non-hydrogen) atoms. The molecule has 0 atom stereocenters. The highest BCUT2D eigenvalue weighted by atomic mass is 19.1. The van der Waals surface area contributed by atoms with E-state index in [0.29, 0.717) is 0 Å². The third kappa shape index (κ3) is 5.94. The molecule has 2 aliphatic rings. The molecule has 0 N–H and O–H groups in total. The van der Waals surface area contributed by atoms with E-state index in [1.54, 1.807) is 17.7 Å². The van der Waals surface area contributed by atoms with E-state index in [9.17, 15) is 4.39 Å². The molecule has 2 saturated carbocycles. The Morgan fingerprint density at radius 1 is 0.964 bits per heavy atom. The Kier molecular flexibility index (Phi) is 8.13. The summed E-state index contributed by atoms with van der Waals surface area (Å²) in [7, 11) is 0. The number of benzene rings is 1. The highest BCUT2D eigenvalue weighted by molar-refractivity contribution is 5.26. The first-order chi connectivity index (χ1) is 13.7. The second-order valence-electron chi connectivity index (χ2n) is 9.11. The third-order valence-electron chi connectivity index (χ3n) is 7.26. The van der Waals surface area contributed by atoms with E-state index in [0.717, 1.165) is 30.6 Å². The van der Waals surface area contributed by atoms with Crippen molar-refractivity contribution in [3.05, 3.63) is 47.3 Å². The second-order valence-corrected chi connectivity index (χ2v) is 9.11. The summed E-state index contributed by atoms with van der Waals surface area (Å²) in [5.41, 5.74) is 3.03. The summed E-state index contributed by atoms with van der Waals surface area (Å²) in [4.78, 5) is 0. The van der Waals surface area contributed by atoms with Gasteiger partial charge >= 0.3 is 0 Å². The third-order valence-corrected chi connectivity index (χ3v) is 7.26. The molecule has 152 valence electrons. The van der Waals surface area contributed by atoms with Gasteiger partial charge in [-0.2, -0.15) is 9.65 Å². The number of unbranched alkanes of at least 4 members (excludes halogenated alkanes) is 2. The Morgan fingerprint density at radius 3 is 2.14 bits per heavy atom. The van der Waals surface area contributed by atoms with E-state index >= 15 is 0 Å². The van der Waals surface area contributed by atoms with Gasteiger partial charge in [0.15, 0.2) is 5.83 Å². The number of rotatable bonds is 7. The standard InChI is InChI=1S/C26H36FN/c1-2-3-4-5-20-6-10-22(11-7-20)24-14-16-25(17-15-24)23-12-8-21(9-13-23)18-26(27)19-28/h6-7,10-11,18,21,23-25H,2-5,8-9,12-17H2,1H3/b26-18+/t21?,23?,24-,25-.